The molecule has 0 aromatic carbocycles. The second-order valence-electron chi connectivity index (χ2n) is 5.50. The molecule has 106 valence electrons. The average Bonchev–Trinajstić information content (AvgIpc) is 3.08. The first kappa shape index (κ1) is 13.4. The first-order valence-corrected chi connectivity index (χ1v) is 7.72. The van der Waals surface area contributed by atoms with E-state index < -0.39 is 0 Å². The van der Waals surface area contributed by atoms with Gasteiger partial charge in [-0.15, -0.1) is 11.3 Å². The van der Waals surface area contributed by atoms with Crippen LogP contribution in [0.15, 0.2) is 18.3 Å². The smallest absolute Gasteiger partial charge is 0.263 e. The standard InChI is InChI=1S/C15H19N3OS/c1-10-8-17(3)14(16-10)12-6-7-18(9-12)15(19)13-5-4-11(2)20-13/h4-5,8,12H,6-7,9H2,1-3H3/t12-/m1/s1. The molecule has 3 rings (SSSR count). The molecule has 5 heteroatoms. The monoisotopic (exact) mass is 289 g/mol. The Hall–Kier alpha value is -1.62. The van der Waals surface area contributed by atoms with Crippen LogP contribution in [0.25, 0.3) is 0 Å². The molecule has 0 aliphatic carbocycles. The predicted octanol–water partition coefficient (Wildman–Crippen LogP) is 2.73. The van der Waals surface area contributed by atoms with E-state index in [4.69, 9.17) is 0 Å². The number of aromatic nitrogens is 2. The van der Waals surface area contributed by atoms with Crippen LogP contribution in [0.3, 0.4) is 0 Å². The number of carbonyl (C=O) groups is 1. The molecule has 1 aliphatic rings. The quantitative estimate of drug-likeness (QED) is 0.852. The van der Waals surface area contributed by atoms with Crippen molar-refractivity contribution in [3.8, 4) is 0 Å². The molecule has 1 fully saturated rings. The maximum atomic E-state index is 12.4. The molecule has 1 amide bonds. The Balaban J connectivity index is 1.73. The van der Waals surface area contributed by atoms with Crippen molar-refractivity contribution in [3.05, 3.63) is 39.6 Å². The Bertz CT molecular complexity index is 643. The van der Waals surface area contributed by atoms with Crippen molar-refractivity contribution in [1.29, 1.82) is 0 Å². The second-order valence-corrected chi connectivity index (χ2v) is 6.79. The third kappa shape index (κ3) is 2.38. The highest BCUT2D eigenvalue weighted by Gasteiger charge is 2.30. The third-order valence-electron chi connectivity index (χ3n) is 3.82. The average molecular weight is 289 g/mol. The van der Waals surface area contributed by atoms with Crippen molar-refractivity contribution in [2.75, 3.05) is 13.1 Å². The third-order valence-corrected chi connectivity index (χ3v) is 4.81. The number of carbonyl (C=O) groups excluding carboxylic acids is 1. The summed E-state index contributed by atoms with van der Waals surface area (Å²) in [5.41, 5.74) is 1.04. The number of hydrogen-bond acceptors (Lipinski definition) is 3. The maximum absolute atomic E-state index is 12.4. The van der Waals surface area contributed by atoms with E-state index in [1.165, 1.54) is 4.88 Å². The van der Waals surface area contributed by atoms with Gasteiger partial charge in [-0.3, -0.25) is 4.79 Å². The number of aryl methyl sites for hydroxylation is 3. The fraction of sp³-hybridized carbons (Fsp3) is 0.467. The van der Waals surface area contributed by atoms with E-state index in [0.29, 0.717) is 5.92 Å². The molecule has 4 nitrogen and oxygen atoms in total. The molecular weight excluding hydrogens is 270 g/mol. The summed E-state index contributed by atoms with van der Waals surface area (Å²) in [5, 5.41) is 0. The van der Waals surface area contributed by atoms with Crippen LogP contribution in [0.1, 0.15) is 38.4 Å². The van der Waals surface area contributed by atoms with Gasteiger partial charge in [0.1, 0.15) is 5.82 Å². The number of imidazole rings is 1. The van der Waals surface area contributed by atoms with Crippen molar-refractivity contribution >= 4 is 17.2 Å². The molecule has 0 radical (unpaired) electrons. The first-order valence-electron chi connectivity index (χ1n) is 6.90. The molecule has 1 saturated heterocycles. The van der Waals surface area contributed by atoms with Crippen LogP contribution in [0, 0.1) is 13.8 Å². The largest absolute Gasteiger partial charge is 0.337 e. The molecule has 1 atom stereocenters. The highest BCUT2D eigenvalue weighted by molar-refractivity contribution is 7.13. The summed E-state index contributed by atoms with van der Waals surface area (Å²) >= 11 is 1.57. The van der Waals surface area contributed by atoms with Gasteiger partial charge in [0.05, 0.1) is 10.6 Å². The zero-order valence-corrected chi connectivity index (χ0v) is 12.9. The molecule has 1 aliphatic heterocycles. The number of nitrogens with zero attached hydrogens (tertiary/aromatic N) is 3. The van der Waals surface area contributed by atoms with E-state index in [1.807, 2.05) is 44.1 Å². The lowest BCUT2D eigenvalue weighted by Gasteiger charge is -2.15. The van der Waals surface area contributed by atoms with Gasteiger partial charge in [0, 0.05) is 37.1 Å². The Morgan fingerprint density at radius 3 is 2.80 bits per heavy atom. The second kappa shape index (κ2) is 5.05. The van der Waals surface area contributed by atoms with Crippen molar-refractivity contribution in [2.45, 2.75) is 26.2 Å². The van der Waals surface area contributed by atoms with Crippen molar-refractivity contribution < 1.29 is 4.79 Å². The SMILES string of the molecule is Cc1cn(C)c([C@@H]2CCN(C(=O)c3ccc(C)s3)C2)n1. The normalized spacial score (nSPS) is 18.8. The number of rotatable bonds is 2. The van der Waals surface area contributed by atoms with Gasteiger partial charge < -0.3 is 9.47 Å². The van der Waals surface area contributed by atoms with Gasteiger partial charge in [0.25, 0.3) is 5.91 Å². The van der Waals surface area contributed by atoms with E-state index in [1.54, 1.807) is 11.3 Å². The van der Waals surface area contributed by atoms with Crippen LogP contribution in [-0.2, 0) is 7.05 Å². The van der Waals surface area contributed by atoms with Gasteiger partial charge in [-0.05, 0) is 32.4 Å². The van der Waals surface area contributed by atoms with Crippen LogP contribution in [-0.4, -0.2) is 33.4 Å². The Morgan fingerprint density at radius 1 is 1.40 bits per heavy atom. The Morgan fingerprint density at radius 2 is 2.20 bits per heavy atom. The number of amides is 1. The summed E-state index contributed by atoms with van der Waals surface area (Å²) in [6.07, 6.45) is 3.04. The molecule has 2 aromatic rings. The zero-order valence-electron chi connectivity index (χ0n) is 12.1. The predicted molar refractivity (Wildman–Crippen MR) is 80.3 cm³/mol. The summed E-state index contributed by atoms with van der Waals surface area (Å²) in [5.74, 6) is 1.62. The van der Waals surface area contributed by atoms with Gasteiger partial charge in [-0.2, -0.15) is 0 Å². The van der Waals surface area contributed by atoms with Crippen molar-refractivity contribution in [3.63, 3.8) is 0 Å². The topological polar surface area (TPSA) is 38.1 Å². The minimum absolute atomic E-state index is 0.163. The van der Waals surface area contributed by atoms with Crippen molar-refractivity contribution in [1.82, 2.24) is 14.5 Å². The summed E-state index contributed by atoms with van der Waals surface area (Å²) in [6.45, 7) is 5.65. The number of thiophene rings is 1. The van der Waals surface area contributed by atoms with Gasteiger partial charge in [-0.25, -0.2) is 4.98 Å². The van der Waals surface area contributed by atoms with Crippen LogP contribution < -0.4 is 0 Å². The molecule has 0 saturated carbocycles. The molecule has 20 heavy (non-hydrogen) atoms. The van der Waals surface area contributed by atoms with Gasteiger partial charge in [0.2, 0.25) is 0 Å². The molecule has 2 aromatic heterocycles. The van der Waals surface area contributed by atoms with Gasteiger partial charge >= 0.3 is 0 Å². The Kier molecular flexibility index (Phi) is 3.38. The van der Waals surface area contributed by atoms with E-state index >= 15 is 0 Å². The van der Waals surface area contributed by atoms with Crippen molar-refractivity contribution in [2.24, 2.45) is 7.05 Å². The van der Waals surface area contributed by atoms with E-state index in [9.17, 15) is 4.79 Å². The first-order chi connectivity index (χ1) is 9.54. The van der Waals surface area contributed by atoms with Crippen LogP contribution >= 0.6 is 11.3 Å². The lowest BCUT2D eigenvalue weighted by molar-refractivity contribution is 0.0795. The summed E-state index contributed by atoms with van der Waals surface area (Å²) in [4.78, 5) is 21.0. The zero-order chi connectivity index (χ0) is 14.3. The minimum atomic E-state index is 0.163. The van der Waals surface area contributed by atoms with E-state index in [2.05, 4.69) is 9.55 Å². The fourth-order valence-electron chi connectivity index (χ4n) is 2.87. The van der Waals surface area contributed by atoms with E-state index in [-0.39, 0.29) is 5.91 Å². The molecule has 0 bridgehead atoms. The molecule has 0 spiro atoms. The lowest BCUT2D eigenvalue weighted by atomic mass is 10.1. The number of likely N-dealkylation sites (tertiary alicyclic amines) is 1. The van der Waals surface area contributed by atoms with Crippen LogP contribution in [0.4, 0.5) is 0 Å². The highest BCUT2D eigenvalue weighted by atomic mass is 32.1. The summed E-state index contributed by atoms with van der Waals surface area (Å²) in [7, 11) is 2.03. The Labute approximate surface area is 123 Å². The molecule has 0 N–H and O–H groups in total. The maximum Gasteiger partial charge on any atom is 0.263 e. The summed E-state index contributed by atoms with van der Waals surface area (Å²) < 4.78 is 2.09. The number of hydrogen-bond donors (Lipinski definition) is 0. The van der Waals surface area contributed by atoms with Crippen LogP contribution in [0.5, 0.6) is 0 Å². The van der Waals surface area contributed by atoms with E-state index in [0.717, 1.165) is 35.9 Å². The summed E-state index contributed by atoms with van der Waals surface area (Å²) in [6, 6.07) is 3.94. The highest BCUT2D eigenvalue weighted by Crippen LogP contribution is 2.28. The molecule has 3 heterocycles. The molecular formula is C15H19N3OS. The molecule has 0 unspecified atom stereocenters. The lowest BCUT2D eigenvalue weighted by Crippen LogP contribution is -2.28. The van der Waals surface area contributed by atoms with Gasteiger partial charge in [-0.1, -0.05) is 0 Å². The fourth-order valence-corrected chi connectivity index (χ4v) is 3.71. The van der Waals surface area contributed by atoms with Gasteiger partial charge in [0.15, 0.2) is 0 Å². The minimum Gasteiger partial charge on any atom is -0.337 e. The van der Waals surface area contributed by atoms with Crippen LogP contribution in [0.2, 0.25) is 0 Å².